The van der Waals surface area contributed by atoms with Gasteiger partial charge in [-0.15, -0.1) is 0 Å². The molecule has 0 spiro atoms. The molecule has 3 N–H and O–H groups in total. The molecule has 0 saturated carbocycles. The van der Waals surface area contributed by atoms with Crippen molar-refractivity contribution in [1.82, 2.24) is 14.0 Å². The summed E-state index contributed by atoms with van der Waals surface area (Å²) in [7, 11) is 0. The number of nitrogens with zero attached hydrogens (tertiary/aromatic N) is 3. The van der Waals surface area contributed by atoms with Crippen molar-refractivity contribution in [1.29, 1.82) is 0 Å². The summed E-state index contributed by atoms with van der Waals surface area (Å²) in [6.07, 6.45) is -1.03. The Hall–Kier alpha value is -4.11. The molecule has 0 bridgehead atoms. The number of halogens is 2. The predicted octanol–water partition coefficient (Wildman–Crippen LogP) is 5.24. The highest BCUT2D eigenvalue weighted by Crippen LogP contribution is 2.38. The molecule has 1 saturated heterocycles. The number of fused-ring (bicyclic) bond motifs is 1. The standard InChI is InChI=1S/C29H28ClFN4O4/c1-15(2)18-7-4-6-16(3)26(18)35-24-10-19(25-21(31)8-5-9-22(25)32)20(30)11-23(24)34(27(36)28(35)37)14-17-12-33(13-17)29(38)39/h4-11,15,17H,12-14,32H2,1-3H3,(H,38,39). The highest BCUT2D eigenvalue weighted by molar-refractivity contribution is 6.34. The van der Waals surface area contributed by atoms with E-state index in [-0.39, 0.29) is 47.7 Å². The number of hydrogen-bond donors (Lipinski definition) is 2. The average molecular weight is 551 g/mol. The van der Waals surface area contributed by atoms with E-state index in [4.69, 9.17) is 17.3 Å². The van der Waals surface area contributed by atoms with Crippen LogP contribution in [0.3, 0.4) is 0 Å². The Morgan fingerprint density at radius 3 is 2.44 bits per heavy atom. The first-order valence-corrected chi connectivity index (χ1v) is 13.0. The highest BCUT2D eigenvalue weighted by atomic mass is 35.5. The number of benzene rings is 3. The van der Waals surface area contributed by atoms with Gasteiger partial charge >= 0.3 is 17.2 Å². The topological polar surface area (TPSA) is 111 Å². The van der Waals surface area contributed by atoms with Crippen LogP contribution in [0.2, 0.25) is 5.02 Å². The van der Waals surface area contributed by atoms with Crippen LogP contribution in [0, 0.1) is 18.7 Å². The van der Waals surface area contributed by atoms with Gasteiger partial charge in [-0.05, 0) is 48.2 Å². The molecular weight excluding hydrogens is 523 g/mol. The Morgan fingerprint density at radius 2 is 1.79 bits per heavy atom. The number of para-hydroxylation sites is 1. The van der Waals surface area contributed by atoms with E-state index in [9.17, 15) is 19.5 Å². The highest BCUT2D eigenvalue weighted by Gasteiger charge is 2.32. The molecule has 0 unspecified atom stereocenters. The molecule has 1 aliphatic rings. The first-order valence-electron chi connectivity index (χ1n) is 12.6. The third-order valence-electron chi connectivity index (χ3n) is 7.33. The van der Waals surface area contributed by atoms with Gasteiger partial charge in [-0.2, -0.15) is 0 Å². The van der Waals surface area contributed by atoms with Crippen LogP contribution in [0.4, 0.5) is 14.9 Å². The molecule has 8 nitrogen and oxygen atoms in total. The van der Waals surface area contributed by atoms with Crippen LogP contribution in [0.15, 0.2) is 58.1 Å². The van der Waals surface area contributed by atoms with Crippen LogP contribution < -0.4 is 16.9 Å². The van der Waals surface area contributed by atoms with Gasteiger partial charge in [0.25, 0.3) is 0 Å². The van der Waals surface area contributed by atoms with Crippen LogP contribution in [-0.2, 0) is 6.54 Å². The van der Waals surface area contributed by atoms with Crippen molar-refractivity contribution in [3.63, 3.8) is 0 Å². The lowest BCUT2D eigenvalue weighted by atomic mass is 9.97. The molecule has 1 aromatic heterocycles. The number of aromatic nitrogens is 2. The summed E-state index contributed by atoms with van der Waals surface area (Å²) in [5, 5.41) is 9.37. The number of carbonyl (C=O) groups is 1. The monoisotopic (exact) mass is 550 g/mol. The number of hydrogen-bond acceptors (Lipinski definition) is 4. The summed E-state index contributed by atoms with van der Waals surface area (Å²) in [4.78, 5) is 40.0. The molecule has 3 aromatic carbocycles. The molecule has 202 valence electrons. The van der Waals surface area contributed by atoms with Crippen LogP contribution >= 0.6 is 11.6 Å². The summed E-state index contributed by atoms with van der Waals surface area (Å²) in [5.41, 5.74) is 8.21. The molecule has 10 heteroatoms. The SMILES string of the molecule is Cc1cccc(C(C)C)c1-n1c(=O)c(=O)n(CC2CN(C(=O)O)C2)c2cc(Cl)c(-c3c(N)cccc3F)cc21. The molecule has 1 aliphatic heterocycles. The molecule has 0 atom stereocenters. The van der Waals surface area contributed by atoms with Crippen molar-refractivity contribution < 1.29 is 14.3 Å². The molecule has 0 radical (unpaired) electrons. The lowest BCUT2D eigenvalue weighted by Gasteiger charge is -2.37. The zero-order valence-electron chi connectivity index (χ0n) is 21.7. The molecule has 39 heavy (non-hydrogen) atoms. The summed E-state index contributed by atoms with van der Waals surface area (Å²) >= 11 is 6.70. The summed E-state index contributed by atoms with van der Waals surface area (Å²) < 4.78 is 17.8. The molecule has 1 fully saturated rings. The van der Waals surface area contributed by atoms with E-state index in [1.54, 1.807) is 18.2 Å². The summed E-state index contributed by atoms with van der Waals surface area (Å²) in [6, 6.07) is 13.2. The number of rotatable bonds is 5. The second-order valence-electron chi connectivity index (χ2n) is 10.3. The minimum Gasteiger partial charge on any atom is -0.465 e. The van der Waals surface area contributed by atoms with Crippen LogP contribution in [0.1, 0.15) is 30.9 Å². The zero-order chi connectivity index (χ0) is 28.2. The van der Waals surface area contributed by atoms with Gasteiger partial charge in [0.2, 0.25) is 0 Å². The van der Waals surface area contributed by atoms with E-state index in [0.717, 1.165) is 11.1 Å². The van der Waals surface area contributed by atoms with Crippen LogP contribution in [0.25, 0.3) is 27.8 Å². The van der Waals surface area contributed by atoms with Gasteiger partial charge in [-0.3, -0.25) is 14.2 Å². The van der Waals surface area contributed by atoms with Gasteiger partial charge in [0.15, 0.2) is 0 Å². The summed E-state index contributed by atoms with van der Waals surface area (Å²) in [5.74, 6) is -0.682. The number of carboxylic acid groups (broad SMARTS) is 1. The largest absolute Gasteiger partial charge is 0.465 e. The van der Waals surface area contributed by atoms with Crippen molar-refractivity contribution >= 4 is 34.4 Å². The minimum absolute atomic E-state index is 0.0373. The summed E-state index contributed by atoms with van der Waals surface area (Å²) in [6.45, 7) is 6.50. The number of nitrogens with two attached hydrogens (primary N) is 1. The Kier molecular flexibility index (Phi) is 6.72. The number of amides is 1. The average Bonchev–Trinajstić information content (AvgIpc) is 2.84. The Bertz CT molecular complexity index is 1740. The van der Waals surface area contributed by atoms with Crippen molar-refractivity contribution in [2.75, 3.05) is 18.8 Å². The maximum absolute atomic E-state index is 15.0. The maximum Gasteiger partial charge on any atom is 0.407 e. The molecule has 1 amide bonds. The predicted molar refractivity (Wildman–Crippen MR) is 151 cm³/mol. The van der Waals surface area contributed by atoms with Gasteiger partial charge in [0, 0.05) is 42.4 Å². The van der Waals surface area contributed by atoms with Crippen LogP contribution in [0.5, 0.6) is 0 Å². The fourth-order valence-electron chi connectivity index (χ4n) is 5.35. The van der Waals surface area contributed by atoms with E-state index < -0.39 is 23.0 Å². The third kappa shape index (κ3) is 4.46. The first-order chi connectivity index (χ1) is 18.5. The maximum atomic E-state index is 15.0. The van der Waals surface area contributed by atoms with Gasteiger partial charge < -0.3 is 20.3 Å². The van der Waals surface area contributed by atoms with Gasteiger partial charge in [-0.25, -0.2) is 9.18 Å². The van der Waals surface area contributed by atoms with Crippen molar-refractivity contribution in [3.8, 4) is 16.8 Å². The van der Waals surface area contributed by atoms with Gasteiger partial charge in [0.05, 0.1) is 21.7 Å². The number of anilines is 1. The lowest BCUT2D eigenvalue weighted by molar-refractivity contribution is 0.0748. The smallest absolute Gasteiger partial charge is 0.407 e. The van der Waals surface area contributed by atoms with Crippen molar-refractivity contribution in [3.05, 3.63) is 91.2 Å². The van der Waals surface area contributed by atoms with Crippen LogP contribution in [-0.4, -0.2) is 38.3 Å². The zero-order valence-corrected chi connectivity index (χ0v) is 22.5. The third-order valence-corrected chi connectivity index (χ3v) is 7.64. The number of likely N-dealkylation sites (tertiary alicyclic amines) is 1. The van der Waals surface area contributed by atoms with E-state index in [1.807, 2.05) is 39.0 Å². The Labute approximate surface area is 228 Å². The van der Waals surface area contributed by atoms with Gasteiger partial charge in [-0.1, -0.05) is 49.7 Å². The number of aryl methyl sites for hydroxylation is 1. The van der Waals surface area contributed by atoms with E-state index >= 15 is 4.39 Å². The van der Waals surface area contributed by atoms with Crippen molar-refractivity contribution in [2.45, 2.75) is 33.2 Å². The normalized spacial score (nSPS) is 13.7. The van der Waals surface area contributed by atoms with Gasteiger partial charge in [0.1, 0.15) is 5.82 Å². The molecular formula is C29H28ClFN4O4. The Balaban J connectivity index is 1.85. The fraction of sp³-hybridized carbons (Fsp3) is 0.276. The minimum atomic E-state index is -1.03. The lowest BCUT2D eigenvalue weighted by Crippen LogP contribution is -2.52. The van der Waals surface area contributed by atoms with Crippen molar-refractivity contribution in [2.24, 2.45) is 5.92 Å². The quantitative estimate of drug-likeness (QED) is 0.261. The Morgan fingerprint density at radius 1 is 1.10 bits per heavy atom. The molecule has 0 aliphatic carbocycles. The second kappa shape index (κ2) is 9.89. The number of nitrogen functional groups attached to an aromatic ring is 1. The fourth-order valence-corrected chi connectivity index (χ4v) is 5.60. The van der Waals surface area contributed by atoms with E-state index in [0.29, 0.717) is 22.3 Å². The molecule has 4 aromatic rings. The van der Waals surface area contributed by atoms with E-state index in [1.165, 1.54) is 26.2 Å². The molecule has 2 heterocycles. The second-order valence-corrected chi connectivity index (χ2v) is 10.7. The molecule has 5 rings (SSSR count). The van der Waals surface area contributed by atoms with E-state index in [2.05, 4.69) is 0 Å². The first kappa shape index (κ1) is 26.5.